The number of fused-ring (bicyclic) bond motifs is 1. The number of para-hydroxylation sites is 1. The van der Waals surface area contributed by atoms with Gasteiger partial charge in [-0.25, -0.2) is 0 Å². The number of nitrogens with zero attached hydrogens (tertiary/aromatic N) is 4. The summed E-state index contributed by atoms with van der Waals surface area (Å²) in [4.78, 5) is 14.7. The quantitative estimate of drug-likeness (QED) is 0.465. The van der Waals surface area contributed by atoms with Gasteiger partial charge in [0.15, 0.2) is 5.82 Å². The summed E-state index contributed by atoms with van der Waals surface area (Å²) in [5.41, 5.74) is 9.02. The molecule has 0 radical (unpaired) electrons. The van der Waals surface area contributed by atoms with E-state index >= 15 is 0 Å². The highest BCUT2D eigenvalue weighted by atomic mass is 35.5. The second kappa shape index (κ2) is 8.15. The highest BCUT2D eigenvalue weighted by Gasteiger charge is 2.33. The van der Waals surface area contributed by atoms with Crippen LogP contribution in [0.2, 0.25) is 5.02 Å². The molecule has 164 valence electrons. The number of hydrogen-bond donors (Lipinski definition) is 1. The number of nitriles is 1. The Morgan fingerprint density at radius 2 is 1.97 bits per heavy atom. The Hall–Kier alpha value is -4.02. The van der Waals surface area contributed by atoms with Crippen LogP contribution in [-0.2, 0) is 11.8 Å². The van der Waals surface area contributed by atoms with Gasteiger partial charge in [0.05, 0.1) is 11.1 Å². The van der Waals surface area contributed by atoms with Crippen LogP contribution in [0.15, 0.2) is 60.7 Å². The van der Waals surface area contributed by atoms with E-state index in [0.29, 0.717) is 40.9 Å². The van der Waals surface area contributed by atoms with Gasteiger partial charge in [-0.05, 0) is 42.5 Å². The molecule has 1 atom stereocenters. The van der Waals surface area contributed by atoms with Gasteiger partial charge in [0.1, 0.15) is 17.6 Å². The van der Waals surface area contributed by atoms with Gasteiger partial charge in [-0.3, -0.25) is 9.48 Å². The van der Waals surface area contributed by atoms with Gasteiger partial charge in [-0.15, -0.1) is 0 Å². The number of halogens is 1. The van der Waals surface area contributed by atoms with Crippen LogP contribution in [0.5, 0.6) is 11.5 Å². The number of aromatic nitrogens is 2. The molecule has 0 aliphatic carbocycles. The van der Waals surface area contributed by atoms with Crippen molar-refractivity contribution in [3.63, 3.8) is 0 Å². The summed E-state index contributed by atoms with van der Waals surface area (Å²) in [7, 11) is 1.84. The van der Waals surface area contributed by atoms with Crippen molar-refractivity contribution < 1.29 is 9.53 Å². The van der Waals surface area contributed by atoms with Crippen molar-refractivity contribution in [3.8, 4) is 17.6 Å². The number of nitrogen functional groups attached to an aromatic ring is 1. The van der Waals surface area contributed by atoms with E-state index in [1.165, 1.54) is 0 Å². The van der Waals surface area contributed by atoms with Crippen molar-refractivity contribution in [2.45, 2.75) is 12.3 Å². The molecule has 1 aliphatic rings. The largest absolute Gasteiger partial charge is 0.456 e. The van der Waals surface area contributed by atoms with Crippen LogP contribution in [0.3, 0.4) is 0 Å². The van der Waals surface area contributed by atoms with Gasteiger partial charge in [0.25, 0.3) is 0 Å². The van der Waals surface area contributed by atoms with Crippen molar-refractivity contribution >= 4 is 39.9 Å². The third-order valence-electron chi connectivity index (χ3n) is 5.94. The van der Waals surface area contributed by atoms with Gasteiger partial charge >= 0.3 is 0 Å². The molecular formula is C25H20ClN5O2. The normalized spacial score (nSPS) is 15.7. The Bertz CT molecular complexity index is 1440. The van der Waals surface area contributed by atoms with Crippen molar-refractivity contribution in [1.29, 1.82) is 5.26 Å². The minimum absolute atomic E-state index is 0.0140. The zero-order valence-corrected chi connectivity index (χ0v) is 18.6. The molecule has 1 amide bonds. The van der Waals surface area contributed by atoms with Crippen LogP contribution in [0.4, 0.5) is 11.5 Å². The summed E-state index contributed by atoms with van der Waals surface area (Å²) in [6, 6.07) is 20.3. The van der Waals surface area contributed by atoms with Crippen molar-refractivity contribution in [1.82, 2.24) is 9.78 Å². The molecule has 33 heavy (non-hydrogen) atoms. The second-order valence-electron chi connectivity index (χ2n) is 8.01. The molecule has 5 rings (SSSR count). The second-order valence-corrected chi connectivity index (χ2v) is 8.44. The van der Waals surface area contributed by atoms with E-state index in [1.54, 1.807) is 39.9 Å². The fourth-order valence-corrected chi connectivity index (χ4v) is 4.48. The summed E-state index contributed by atoms with van der Waals surface area (Å²) >= 11 is 6.25. The first-order chi connectivity index (χ1) is 15.9. The highest BCUT2D eigenvalue weighted by Crippen LogP contribution is 2.40. The SMILES string of the molecule is Cn1nc(N)c2cc(N3C[C@@H](c4ccc(Cl)cc4Oc4ccccc4C#N)CC3=O)ccc21. The third kappa shape index (κ3) is 3.75. The molecule has 0 bridgehead atoms. The molecule has 7 nitrogen and oxygen atoms in total. The molecule has 1 aliphatic heterocycles. The van der Waals surface area contributed by atoms with Gasteiger partial charge in [0.2, 0.25) is 5.91 Å². The van der Waals surface area contributed by atoms with E-state index < -0.39 is 0 Å². The molecule has 0 saturated carbocycles. The number of amides is 1. The number of rotatable bonds is 4. The number of carbonyl (C=O) groups excluding carboxylic acids is 1. The minimum atomic E-state index is -0.0963. The summed E-state index contributed by atoms with van der Waals surface area (Å²) in [6.07, 6.45) is 0.332. The minimum Gasteiger partial charge on any atom is -0.456 e. The lowest BCUT2D eigenvalue weighted by molar-refractivity contribution is -0.117. The molecule has 0 unspecified atom stereocenters. The van der Waals surface area contributed by atoms with Gasteiger partial charge in [-0.2, -0.15) is 10.4 Å². The maximum atomic E-state index is 13.0. The van der Waals surface area contributed by atoms with Crippen LogP contribution in [0.25, 0.3) is 10.9 Å². The predicted molar refractivity (Wildman–Crippen MR) is 128 cm³/mol. The summed E-state index contributed by atoms with van der Waals surface area (Å²) in [5, 5.41) is 15.0. The topological polar surface area (TPSA) is 97.2 Å². The number of ether oxygens (including phenoxy) is 1. The average molecular weight is 458 g/mol. The number of anilines is 2. The lowest BCUT2D eigenvalue weighted by Crippen LogP contribution is -2.24. The van der Waals surface area contributed by atoms with Crippen molar-refractivity contribution in [2.24, 2.45) is 7.05 Å². The highest BCUT2D eigenvalue weighted by molar-refractivity contribution is 6.30. The fraction of sp³-hybridized carbons (Fsp3) is 0.160. The molecule has 1 saturated heterocycles. The molecule has 0 spiro atoms. The van der Waals surface area contributed by atoms with Gasteiger partial charge in [0, 0.05) is 47.6 Å². The molecule has 3 aromatic carbocycles. The number of carbonyl (C=O) groups is 1. The first-order valence-corrected chi connectivity index (χ1v) is 10.8. The Morgan fingerprint density at radius 1 is 1.15 bits per heavy atom. The van der Waals surface area contributed by atoms with Crippen molar-refractivity contribution in [2.75, 3.05) is 17.2 Å². The lowest BCUT2D eigenvalue weighted by atomic mass is 9.97. The standard InChI is InChI=1S/C25H20ClN5O2/c1-30-21-9-7-18(12-20(21)25(28)29-30)31-14-16(10-24(31)32)19-8-6-17(26)11-23(19)33-22-5-3-2-4-15(22)13-27/h2-9,11-12,16H,10,14H2,1H3,(H2,28,29)/t16-/m0/s1. The Morgan fingerprint density at radius 3 is 2.79 bits per heavy atom. The monoisotopic (exact) mass is 457 g/mol. The molecule has 8 heteroatoms. The van der Waals surface area contributed by atoms with Crippen LogP contribution in [0, 0.1) is 11.3 Å². The van der Waals surface area contributed by atoms with E-state index in [2.05, 4.69) is 11.2 Å². The first kappa shape index (κ1) is 20.9. The van der Waals surface area contributed by atoms with E-state index in [9.17, 15) is 10.1 Å². The summed E-state index contributed by atoms with van der Waals surface area (Å²) < 4.78 is 7.83. The van der Waals surface area contributed by atoms with Crippen LogP contribution >= 0.6 is 11.6 Å². The average Bonchev–Trinajstić information content (AvgIpc) is 3.33. The maximum absolute atomic E-state index is 13.0. The molecule has 4 aromatic rings. The number of aryl methyl sites for hydroxylation is 1. The van der Waals surface area contributed by atoms with E-state index in [4.69, 9.17) is 22.1 Å². The van der Waals surface area contributed by atoms with Gasteiger partial charge in [-0.1, -0.05) is 29.8 Å². The smallest absolute Gasteiger partial charge is 0.227 e. The number of hydrogen-bond acceptors (Lipinski definition) is 5. The summed E-state index contributed by atoms with van der Waals surface area (Å²) in [6.45, 7) is 0.488. The molecule has 1 aromatic heterocycles. The molecular weight excluding hydrogens is 438 g/mol. The van der Waals surface area contributed by atoms with E-state index in [0.717, 1.165) is 22.2 Å². The number of nitrogens with two attached hydrogens (primary N) is 1. The maximum Gasteiger partial charge on any atom is 0.227 e. The molecule has 2 N–H and O–H groups in total. The fourth-order valence-electron chi connectivity index (χ4n) is 4.31. The predicted octanol–water partition coefficient (Wildman–Crippen LogP) is 4.99. The van der Waals surface area contributed by atoms with Crippen LogP contribution in [0.1, 0.15) is 23.5 Å². The summed E-state index contributed by atoms with van der Waals surface area (Å²) in [5.74, 6) is 1.34. The van der Waals surface area contributed by atoms with Gasteiger partial charge < -0.3 is 15.4 Å². The van der Waals surface area contributed by atoms with E-state index in [-0.39, 0.29) is 11.8 Å². The first-order valence-electron chi connectivity index (χ1n) is 10.4. The number of benzene rings is 3. The third-order valence-corrected chi connectivity index (χ3v) is 6.18. The Labute approximate surface area is 195 Å². The van der Waals surface area contributed by atoms with E-state index in [1.807, 2.05) is 37.4 Å². The Balaban J connectivity index is 1.47. The van der Waals surface area contributed by atoms with Crippen molar-refractivity contribution in [3.05, 3.63) is 76.8 Å². The zero-order chi connectivity index (χ0) is 23.1. The molecule has 1 fully saturated rings. The van der Waals surface area contributed by atoms with Crippen LogP contribution < -0.4 is 15.4 Å². The zero-order valence-electron chi connectivity index (χ0n) is 17.8. The lowest BCUT2D eigenvalue weighted by Gasteiger charge is -2.19. The Kier molecular flexibility index (Phi) is 5.15. The van der Waals surface area contributed by atoms with Crippen LogP contribution in [-0.4, -0.2) is 22.2 Å². The molecule has 2 heterocycles.